The van der Waals surface area contributed by atoms with Crippen LogP contribution in [-0.2, 0) is 6.42 Å². The minimum absolute atomic E-state index is 0.177. The molecule has 3 nitrogen and oxygen atoms in total. The molecular formula is C15H22FN3S. The number of unbranched alkanes of at least 4 members (excludes halogenated alkanes) is 1. The van der Waals surface area contributed by atoms with Crippen molar-refractivity contribution in [2.45, 2.75) is 31.7 Å². The number of benzene rings is 1. The first-order valence-corrected chi connectivity index (χ1v) is 7.60. The smallest absolute Gasteiger partial charge is 0.169 e. The van der Waals surface area contributed by atoms with E-state index in [9.17, 15) is 4.39 Å². The molecule has 2 rings (SSSR count). The second-order valence-electron chi connectivity index (χ2n) is 5.20. The summed E-state index contributed by atoms with van der Waals surface area (Å²) in [5.74, 6) is -0.177. The molecule has 1 aliphatic heterocycles. The van der Waals surface area contributed by atoms with E-state index in [0.29, 0.717) is 6.04 Å². The van der Waals surface area contributed by atoms with E-state index in [-0.39, 0.29) is 5.82 Å². The Bertz CT molecular complexity index is 452. The van der Waals surface area contributed by atoms with Gasteiger partial charge in [-0.05, 0) is 55.7 Å². The summed E-state index contributed by atoms with van der Waals surface area (Å²) in [6.07, 6.45) is 4.10. The molecule has 110 valence electrons. The van der Waals surface area contributed by atoms with Crippen LogP contribution in [0.2, 0.25) is 0 Å². The van der Waals surface area contributed by atoms with Crippen LogP contribution in [0.25, 0.3) is 0 Å². The third kappa shape index (κ3) is 4.15. The van der Waals surface area contributed by atoms with Gasteiger partial charge < -0.3 is 16.0 Å². The number of nitrogens with one attached hydrogen (secondary N) is 1. The van der Waals surface area contributed by atoms with Gasteiger partial charge in [0.05, 0.1) is 0 Å². The third-order valence-corrected chi connectivity index (χ3v) is 4.09. The molecule has 0 unspecified atom stereocenters. The minimum Gasteiger partial charge on any atom is -0.360 e. The summed E-state index contributed by atoms with van der Waals surface area (Å²) in [5, 5.41) is 4.06. The first kappa shape index (κ1) is 15.2. The van der Waals surface area contributed by atoms with Gasteiger partial charge in [0.15, 0.2) is 5.11 Å². The topological polar surface area (TPSA) is 41.3 Å². The summed E-state index contributed by atoms with van der Waals surface area (Å²) in [5.41, 5.74) is 6.55. The van der Waals surface area contributed by atoms with Crippen LogP contribution < -0.4 is 11.1 Å². The van der Waals surface area contributed by atoms with E-state index >= 15 is 0 Å². The van der Waals surface area contributed by atoms with Gasteiger partial charge in [0.2, 0.25) is 0 Å². The lowest BCUT2D eigenvalue weighted by molar-refractivity contribution is 0.331. The summed E-state index contributed by atoms with van der Waals surface area (Å²) in [7, 11) is 0. The quantitative estimate of drug-likeness (QED) is 0.597. The first-order chi connectivity index (χ1) is 9.70. The van der Waals surface area contributed by atoms with E-state index in [1.807, 2.05) is 6.07 Å². The van der Waals surface area contributed by atoms with Gasteiger partial charge in [0.25, 0.3) is 0 Å². The Morgan fingerprint density at radius 2 is 2.25 bits per heavy atom. The van der Waals surface area contributed by atoms with Crippen molar-refractivity contribution >= 4 is 17.3 Å². The van der Waals surface area contributed by atoms with Crippen LogP contribution in [0.3, 0.4) is 0 Å². The Hall–Kier alpha value is -1.20. The van der Waals surface area contributed by atoms with Crippen LogP contribution in [-0.4, -0.2) is 35.7 Å². The molecule has 0 bridgehead atoms. The highest BCUT2D eigenvalue weighted by atomic mass is 32.1. The molecule has 0 radical (unpaired) electrons. The minimum atomic E-state index is -0.177. The highest BCUT2D eigenvalue weighted by Crippen LogP contribution is 2.15. The predicted octanol–water partition coefficient (Wildman–Crippen LogP) is 2.06. The molecule has 1 atom stereocenters. The van der Waals surface area contributed by atoms with Crippen molar-refractivity contribution in [3.05, 3.63) is 35.6 Å². The molecule has 1 fully saturated rings. The number of hydrogen-bond acceptors (Lipinski definition) is 2. The number of thiocarbonyl (C=S) groups is 1. The van der Waals surface area contributed by atoms with Crippen LogP contribution in [0.15, 0.2) is 24.3 Å². The number of rotatable bonds is 7. The zero-order valence-corrected chi connectivity index (χ0v) is 12.5. The van der Waals surface area contributed by atoms with Crippen molar-refractivity contribution in [1.29, 1.82) is 0 Å². The fourth-order valence-corrected chi connectivity index (χ4v) is 2.91. The fraction of sp³-hybridized carbons (Fsp3) is 0.533. The largest absolute Gasteiger partial charge is 0.360 e. The molecule has 0 aliphatic carbocycles. The molecule has 3 N–H and O–H groups in total. The van der Waals surface area contributed by atoms with E-state index < -0.39 is 0 Å². The molecular weight excluding hydrogens is 273 g/mol. The van der Waals surface area contributed by atoms with E-state index in [1.165, 1.54) is 6.07 Å². The van der Waals surface area contributed by atoms with Crippen molar-refractivity contribution in [3.8, 4) is 0 Å². The lowest BCUT2D eigenvalue weighted by Gasteiger charge is -2.25. The highest BCUT2D eigenvalue weighted by molar-refractivity contribution is 7.80. The number of hydrogen-bond donors (Lipinski definition) is 2. The van der Waals surface area contributed by atoms with Gasteiger partial charge in [-0.15, -0.1) is 0 Å². The molecule has 20 heavy (non-hydrogen) atoms. The maximum Gasteiger partial charge on any atom is 0.169 e. The molecule has 0 aromatic heterocycles. The Kier molecular flexibility index (Phi) is 5.73. The van der Waals surface area contributed by atoms with Gasteiger partial charge in [-0.3, -0.25) is 0 Å². The van der Waals surface area contributed by atoms with Crippen molar-refractivity contribution < 1.29 is 4.39 Å². The molecule has 1 aliphatic rings. The second-order valence-corrected chi connectivity index (χ2v) is 5.58. The Morgan fingerprint density at radius 1 is 1.40 bits per heavy atom. The summed E-state index contributed by atoms with van der Waals surface area (Å²) in [6.45, 7) is 2.49. The molecule has 0 spiro atoms. The van der Waals surface area contributed by atoms with Gasteiger partial charge >= 0.3 is 0 Å². The summed E-state index contributed by atoms with van der Waals surface area (Å²) in [6, 6.07) is 7.22. The lowest BCUT2D eigenvalue weighted by atomic mass is 10.1. The van der Waals surface area contributed by atoms with E-state index in [2.05, 4.69) is 10.2 Å². The molecule has 0 amide bonds. The zero-order chi connectivity index (χ0) is 14.4. The molecule has 5 heteroatoms. The van der Waals surface area contributed by atoms with E-state index in [1.54, 1.807) is 12.1 Å². The van der Waals surface area contributed by atoms with Crippen molar-refractivity contribution in [1.82, 2.24) is 10.2 Å². The van der Waals surface area contributed by atoms with Gasteiger partial charge in [-0.1, -0.05) is 18.6 Å². The first-order valence-electron chi connectivity index (χ1n) is 7.19. The average Bonchev–Trinajstić information content (AvgIpc) is 2.78. The Balaban J connectivity index is 1.87. The maximum absolute atomic E-state index is 13.2. The Morgan fingerprint density at radius 3 is 3.00 bits per heavy atom. The van der Waals surface area contributed by atoms with Crippen molar-refractivity contribution in [2.24, 2.45) is 5.73 Å². The number of nitrogens with zero attached hydrogens (tertiary/aromatic N) is 1. The zero-order valence-electron chi connectivity index (χ0n) is 11.6. The normalized spacial score (nSPS) is 18.4. The van der Waals surface area contributed by atoms with E-state index in [0.717, 1.165) is 56.0 Å². The van der Waals surface area contributed by atoms with Gasteiger partial charge in [-0.2, -0.15) is 0 Å². The summed E-state index contributed by atoms with van der Waals surface area (Å²) in [4.78, 5) is 2.23. The number of halogens is 1. The second kappa shape index (κ2) is 7.55. The maximum atomic E-state index is 13.2. The summed E-state index contributed by atoms with van der Waals surface area (Å²) < 4.78 is 13.2. The van der Waals surface area contributed by atoms with Crippen molar-refractivity contribution in [3.63, 3.8) is 0 Å². The van der Waals surface area contributed by atoms with Crippen LogP contribution >= 0.6 is 12.2 Å². The van der Waals surface area contributed by atoms with Crippen LogP contribution in [0.4, 0.5) is 4.39 Å². The molecule has 0 saturated carbocycles. The van der Waals surface area contributed by atoms with Crippen LogP contribution in [0.1, 0.15) is 24.8 Å². The lowest BCUT2D eigenvalue weighted by Crippen LogP contribution is -2.35. The van der Waals surface area contributed by atoms with Gasteiger partial charge in [0, 0.05) is 19.1 Å². The van der Waals surface area contributed by atoms with Gasteiger partial charge in [-0.25, -0.2) is 4.39 Å². The highest BCUT2D eigenvalue weighted by Gasteiger charge is 2.26. The van der Waals surface area contributed by atoms with E-state index in [4.69, 9.17) is 18.0 Å². The van der Waals surface area contributed by atoms with Crippen molar-refractivity contribution in [2.75, 3.05) is 19.6 Å². The number of nitrogens with two attached hydrogens (primary N) is 1. The Labute approximate surface area is 125 Å². The fourth-order valence-electron chi connectivity index (χ4n) is 2.59. The summed E-state index contributed by atoms with van der Waals surface area (Å²) >= 11 is 5.35. The standard InChI is InChI=1S/C15H22FN3S/c16-13-5-3-4-12(10-13)7-9-19-14(6-1-2-8-17)11-18-15(19)20/h3-5,10,14H,1-2,6-9,11,17H2,(H,18,20)/t14-/m0/s1. The van der Waals surface area contributed by atoms with Crippen LogP contribution in [0, 0.1) is 5.82 Å². The average molecular weight is 295 g/mol. The molecule has 1 aromatic carbocycles. The third-order valence-electron chi connectivity index (χ3n) is 3.71. The molecule has 1 heterocycles. The molecule has 1 aromatic rings. The predicted molar refractivity (Wildman–Crippen MR) is 84.1 cm³/mol. The SMILES string of the molecule is NCCCC[C@H]1CNC(=S)N1CCc1cccc(F)c1. The monoisotopic (exact) mass is 295 g/mol. The van der Waals surface area contributed by atoms with Gasteiger partial charge in [0.1, 0.15) is 5.82 Å². The van der Waals surface area contributed by atoms with Crippen LogP contribution in [0.5, 0.6) is 0 Å². The molecule has 1 saturated heterocycles.